The molecule has 1 N–H and O–H groups in total. The summed E-state index contributed by atoms with van der Waals surface area (Å²) in [6.45, 7) is 4.44. The highest BCUT2D eigenvalue weighted by molar-refractivity contribution is 7.14. The lowest BCUT2D eigenvalue weighted by Gasteiger charge is -2.06. The largest absolute Gasteiger partial charge is 0.347 e. The Morgan fingerprint density at radius 1 is 1.00 bits per heavy atom. The van der Waals surface area contributed by atoms with Gasteiger partial charge in [-0.1, -0.05) is 6.07 Å². The van der Waals surface area contributed by atoms with E-state index in [1.807, 2.05) is 61.0 Å². The lowest BCUT2D eigenvalue weighted by molar-refractivity contribution is 0.0950. The van der Waals surface area contributed by atoms with Crippen molar-refractivity contribution in [2.24, 2.45) is 0 Å². The first kappa shape index (κ1) is 16.6. The fourth-order valence-corrected chi connectivity index (χ4v) is 3.83. The van der Waals surface area contributed by atoms with Gasteiger partial charge in [-0.3, -0.25) is 9.59 Å². The van der Waals surface area contributed by atoms with Crippen molar-refractivity contribution in [2.75, 3.05) is 0 Å². The summed E-state index contributed by atoms with van der Waals surface area (Å²) in [5.41, 5.74) is 3.64. The number of rotatable bonds is 5. The Labute approximate surface area is 149 Å². The van der Waals surface area contributed by atoms with Gasteiger partial charge in [-0.05, 0) is 60.7 Å². The summed E-state index contributed by atoms with van der Waals surface area (Å²) < 4.78 is 0. The summed E-state index contributed by atoms with van der Waals surface area (Å²) in [5, 5.41) is 6.66. The van der Waals surface area contributed by atoms with Gasteiger partial charge in [0.1, 0.15) is 0 Å². The first-order valence-corrected chi connectivity index (χ1v) is 9.31. The minimum Gasteiger partial charge on any atom is -0.347 e. The Morgan fingerprint density at radius 3 is 2.54 bits per heavy atom. The molecule has 0 fully saturated rings. The Kier molecular flexibility index (Phi) is 4.92. The Balaban J connectivity index is 1.64. The predicted octanol–water partition coefficient (Wildman–Crippen LogP) is 4.59. The van der Waals surface area contributed by atoms with Crippen LogP contribution in [-0.2, 0) is 6.54 Å². The average Bonchev–Trinajstić information content (AvgIpc) is 3.26. The average molecular weight is 355 g/mol. The molecule has 122 valence electrons. The van der Waals surface area contributed by atoms with Gasteiger partial charge in [0.2, 0.25) is 5.78 Å². The normalized spacial score (nSPS) is 10.6. The minimum atomic E-state index is -0.0998. The van der Waals surface area contributed by atoms with Gasteiger partial charge in [-0.2, -0.15) is 11.3 Å². The number of carbonyl (C=O) groups excluding carboxylic acids is 2. The van der Waals surface area contributed by atoms with E-state index in [-0.39, 0.29) is 11.7 Å². The predicted molar refractivity (Wildman–Crippen MR) is 99.2 cm³/mol. The van der Waals surface area contributed by atoms with Crippen molar-refractivity contribution < 1.29 is 9.59 Å². The zero-order valence-corrected chi connectivity index (χ0v) is 15.1. The molecule has 0 saturated heterocycles. The maximum absolute atomic E-state index is 12.3. The SMILES string of the molecule is Cc1ccc(C(=O)NCc2ccc(C(=O)c3ccsc3)s2)cc1C. The fraction of sp³-hybridized carbons (Fsp3) is 0.158. The van der Waals surface area contributed by atoms with Crippen molar-refractivity contribution in [2.45, 2.75) is 20.4 Å². The molecule has 0 unspecified atom stereocenters. The van der Waals surface area contributed by atoms with E-state index < -0.39 is 0 Å². The summed E-state index contributed by atoms with van der Waals surface area (Å²) in [6, 6.07) is 11.2. The summed E-state index contributed by atoms with van der Waals surface area (Å²) >= 11 is 2.93. The molecule has 0 aliphatic rings. The lowest BCUT2D eigenvalue weighted by atomic mass is 10.1. The van der Waals surface area contributed by atoms with Crippen molar-refractivity contribution in [3.63, 3.8) is 0 Å². The molecule has 5 heteroatoms. The van der Waals surface area contributed by atoms with Crippen LogP contribution in [0.4, 0.5) is 0 Å². The highest BCUT2D eigenvalue weighted by atomic mass is 32.1. The van der Waals surface area contributed by atoms with Crippen LogP contribution in [0.1, 0.15) is 41.6 Å². The third-order valence-corrected chi connectivity index (χ3v) is 5.63. The molecular weight excluding hydrogens is 338 g/mol. The number of amides is 1. The topological polar surface area (TPSA) is 46.2 Å². The van der Waals surface area contributed by atoms with Crippen LogP contribution in [0.25, 0.3) is 0 Å². The third-order valence-electron chi connectivity index (χ3n) is 3.86. The van der Waals surface area contributed by atoms with Gasteiger partial charge in [-0.15, -0.1) is 11.3 Å². The fourth-order valence-electron chi connectivity index (χ4n) is 2.28. The van der Waals surface area contributed by atoms with Crippen molar-refractivity contribution in [1.82, 2.24) is 5.32 Å². The maximum atomic E-state index is 12.3. The molecule has 2 aromatic heterocycles. The van der Waals surface area contributed by atoms with Crippen LogP contribution >= 0.6 is 22.7 Å². The molecule has 3 aromatic rings. The van der Waals surface area contributed by atoms with Crippen molar-refractivity contribution in [3.05, 3.63) is 79.2 Å². The molecule has 24 heavy (non-hydrogen) atoms. The zero-order chi connectivity index (χ0) is 17.1. The standard InChI is InChI=1S/C19H17NO2S2/c1-12-3-4-14(9-13(12)2)19(22)20-10-16-5-6-17(24-16)18(21)15-7-8-23-11-15/h3-9,11H,10H2,1-2H3,(H,20,22). The molecular formula is C19H17NO2S2. The van der Waals surface area contributed by atoms with Gasteiger partial charge in [0.05, 0.1) is 11.4 Å². The third kappa shape index (κ3) is 3.63. The van der Waals surface area contributed by atoms with Gasteiger partial charge in [-0.25, -0.2) is 0 Å². The first-order valence-electron chi connectivity index (χ1n) is 7.55. The summed E-state index contributed by atoms with van der Waals surface area (Å²) in [5.74, 6) is -0.0646. The number of benzene rings is 1. The van der Waals surface area contributed by atoms with Crippen LogP contribution in [0, 0.1) is 13.8 Å². The van der Waals surface area contributed by atoms with E-state index in [1.54, 1.807) is 0 Å². The minimum absolute atomic E-state index is 0.0352. The molecule has 2 heterocycles. The van der Waals surface area contributed by atoms with Crippen molar-refractivity contribution in [1.29, 1.82) is 0 Å². The monoisotopic (exact) mass is 355 g/mol. The molecule has 1 aromatic carbocycles. The van der Waals surface area contributed by atoms with E-state index >= 15 is 0 Å². The molecule has 0 bridgehead atoms. The molecule has 1 amide bonds. The summed E-state index contributed by atoms with van der Waals surface area (Å²) in [7, 11) is 0. The number of aryl methyl sites for hydroxylation is 2. The quantitative estimate of drug-likeness (QED) is 0.681. The Bertz CT molecular complexity index is 879. The highest BCUT2D eigenvalue weighted by Crippen LogP contribution is 2.21. The van der Waals surface area contributed by atoms with Gasteiger partial charge < -0.3 is 5.32 Å². The number of hydrogen-bond donors (Lipinski definition) is 1. The molecule has 0 atom stereocenters. The summed E-state index contributed by atoms with van der Waals surface area (Å²) in [6.07, 6.45) is 0. The van der Waals surface area contributed by atoms with Gasteiger partial charge >= 0.3 is 0 Å². The van der Waals surface area contributed by atoms with Crippen LogP contribution in [0.5, 0.6) is 0 Å². The number of nitrogens with one attached hydrogen (secondary N) is 1. The second-order valence-electron chi connectivity index (χ2n) is 5.59. The van der Waals surface area contributed by atoms with Gasteiger partial charge in [0.15, 0.2) is 0 Å². The molecule has 3 nitrogen and oxygen atoms in total. The smallest absolute Gasteiger partial charge is 0.251 e. The molecule has 3 rings (SSSR count). The first-order chi connectivity index (χ1) is 11.5. The van der Waals surface area contributed by atoms with Crippen LogP contribution in [0.15, 0.2) is 47.2 Å². The van der Waals surface area contributed by atoms with Crippen molar-refractivity contribution >= 4 is 34.4 Å². The molecule has 0 aliphatic heterocycles. The van der Waals surface area contributed by atoms with E-state index in [4.69, 9.17) is 0 Å². The van der Waals surface area contributed by atoms with Crippen LogP contribution < -0.4 is 5.32 Å². The zero-order valence-electron chi connectivity index (χ0n) is 13.5. The van der Waals surface area contributed by atoms with E-state index in [0.29, 0.717) is 22.5 Å². The van der Waals surface area contributed by atoms with E-state index in [2.05, 4.69) is 5.32 Å². The molecule has 0 saturated carbocycles. The summed E-state index contributed by atoms with van der Waals surface area (Å²) in [4.78, 5) is 26.2. The molecule has 0 spiro atoms. The van der Waals surface area contributed by atoms with E-state index in [0.717, 1.165) is 10.4 Å². The maximum Gasteiger partial charge on any atom is 0.251 e. The second-order valence-corrected chi connectivity index (χ2v) is 7.54. The second kappa shape index (κ2) is 7.11. The number of ketones is 1. The molecule has 0 radical (unpaired) electrons. The van der Waals surface area contributed by atoms with Gasteiger partial charge in [0.25, 0.3) is 5.91 Å². The van der Waals surface area contributed by atoms with Crippen LogP contribution in [0.2, 0.25) is 0 Å². The Morgan fingerprint density at radius 2 is 1.83 bits per heavy atom. The van der Waals surface area contributed by atoms with Crippen LogP contribution in [0.3, 0.4) is 0 Å². The lowest BCUT2D eigenvalue weighted by Crippen LogP contribution is -2.22. The highest BCUT2D eigenvalue weighted by Gasteiger charge is 2.13. The Hall–Kier alpha value is -2.24. The van der Waals surface area contributed by atoms with E-state index in [9.17, 15) is 9.59 Å². The molecule has 0 aliphatic carbocycles. The van der Waals surface area contributed by atoms with E-state index in [1.165, 1.54) is 28.2 Å². The van der Waals surface area contributed by atoms with Crippen molar-refractivity contribution in [3.8, 4) is 0 Å². The van der Waals surface area contributed by atoms with Crippen LogP contribution in [-0.4, -0.2) is 11.7 Å². The number of hydrogen-bond acceptors (Lipinski definition) is 4. The van der Waals surface area contributed by atoms with Gasteiger partial charge in [0, 0.05) is 21.4 Å². The number of thiophene rings is 2. The number of carbonyl (C=O) groups is 2.